The SMILES string of the molecule is CC(C)C[C@@H](NC(=O)OCc1ccccc1)C(=O)N1CCOCCOCCN(C(=O)[C@@H](CC(C)C)NC(=O)OCc2ccccc2)CCOCCOCC1. The molecule has 2 N–H and O–H groups in total. The zero-order chi connectivity index (χ0) is 39.0. The minimum atomic E-state index is -0.779. The van der Waals surface area contributed by atoms with Gasteiger partial charge >= 0.3 is 12.2 Å². The number of carbonyl (C=O) groups excluding carboxylic acids is 4. The number of benzene rings is 2. The predicted molar refractivity (Wildman–Crippen MR) is 202 cm³/mol. The second kappa shape index (κ2) is 25.7. The Labute approximate surface area is 320 Å². The van der Waals surface area contributed by atoms with Crippen molar-refractivity contribution in [2.24, 2.45) is 11.8 Å². The average Bonchev–Trinajstić information content (AvgIpc) is 3.15. The van der Waals surface area contributed by atoms with Crippen LogP contribution in [0, 0.1) is 11.8 Å². The molecule has 300 valence electrons. The van der Waals surface area contributed by atoms with Gasteiger partial charge in [0.1, 0.15) is 25.3 Å². The summed E-state index contributed by atoms with van der Waals surface area (Å²) in [4.78, 5) is 56.2. The molecule has 0 saturated carbocycles. The smallest absolute Gasteiger partial charge is 0.408 e. The number of carbonyl (C=O) groups is 4. The summed E-state index contributed by atoms with van der Waals surface area (Å²) in [5.74, 6) is -0.205. The highest BCUT2D eigenvalue weighted by atomic mass is 16.6. The number of alkyl carbamates (subject to hydrolysis) is 2. The number of nitrogens with one attached hydrogen (secondary N) is 2. The van der Waals surface area contributed by atoms with Gasteiger partial charge in [0, 0.05) is 26.2 Å². The Balaban J connectivity index is 1.53. The fraction of sp³-hybridized carbons (Fsp3) is 0.600. The number of rotatable bonds is 12. The number of hydrogen-bond donors (Lipinski definition) is 2. The standard InChI is InChI=1S/C40H60N4O10/c1-31(2)27-35(41-39(47)53-29-33-11-7-5-8-12-33)37(45)43-15-19-49-23-25-51-21-17-44(18-22-52-26-24-50-20-16-43)38(46)36(28-32(3)4)42-40(48)54-30-34-13-9-6-10-14-34/h5-14,31-32,35-36H,15-30H2,1-4H3,(H,41,47)(H,42,48)/t35-,36-/m1/s1. The van der Waals surface area contributed by atoms with E-state index in [2.05, 4.69) is 10.6 Å². The van der Waals surface area contributed by atoms with Crippen molar-refractivity contribution in [1.29, 1.82) is 0 Å². The van der Waals surface area contributed by atoms with E-state index >= 15 is 0 Å². The molecule has 1 aliphatic heterocycles. The summed E-state index contributed by atoms with van der Waals surface area (Å²) in [6, 6.07) is 17.1. The molecule has 1 heterocycles. The van der Waals surface area contributed by atoms with Gasteiger partial charge in [-0.25, -0.2) is 9.59 Å². The topological polar surface area (TPSA) is 154 Å². The van der Waals surface area contributed by atoms with Crippen molar-refractivity contribution in [1.82, 2.24) is 20.4 Å². The van der Waals surface area contributed by atoms with Gasteiger partial charge in [-0.15, -0.1) is 0 Å². The molecule has 2 aromatic carbocycles. The van der Waals surface area contributed by atoms with Crippen LogP contribution in [0.5, 0.6) is 0 Å². The molecular weight excluding hydrogens is 696 g/mol. The normalized spacial score (nSPS) is 16.8. The highest BCUT2D eigenvalue weighted by Gasteiger charge is 2.29. The Morgan fingerprint density at radius 1 is 0.537 bits per heavy atom. The van der Waals surface area contributed by atoms with Crippen LogP contribution in [-0.2, 0) is 51.2 Å². The van der Waals surface area contributed by atoms with Gasteiger partial charge in [-0.3, -0.25) is 9.59 Å². The highest BCUT2D eigenvalue weighted by molar-refractivity contribution is 5.86. The molecule has 2 aromatic rings. The van der Waals surface area contributed by atoms with Gasteiger partial charge in [-0.05, 0) is 35.8 Å². The predicted octanol–water partition coefficient (Wildman–Crippen LogP) is 4.41. The maximum atomic E-state index is 13.7. The summed E-state index contributed by atoms with van der Waals surface area (Å²) in [7, 11) is 0. The molecule has 0 bridgehead atoms. The largest absolute Gasteiger partial charge is 0.445 e. The number of hydrogen-bond acceptors (Lipinski definition) is 10. The van der Waals surface area contributed by atoms with Crippen LogP contribution >= 0.6 is 0 Å². The maximum Gasteiger partial charge on any atom is 0.408 e. The van der Waals surface area contributed by atoms with E-state index in [1.807, 2.05) is 88.4 Å². The molecule has 0 radical (unpaired) electrons. The first kappa shape index (κ1) is 44.2. The third kappa shape index (κ3) is 18.2. The van der Waals surface area contributed by atoms with Crippen LogP contribution in [0.1, 0.15) is 51.7 Å². The van der Waals surface area contributed by atoms with Crippen molar-refractivity contribution in [3.8, 4) is 0 Å². The molecule has 1 saturated heterocycles. The lowest BCUT2D eigenvalue weighted by Crippen LogP contribution is -2.51. The molecule has 2 atom stereocenters. The molecule has 1 fully saturated rings. The number of ether oxygens (including phenoxy) is 6. The average molecular weight is 757 g/mol. The Kier molecular flexibility index (Phi) is 21.0. The summed E-state index contributed by atoms with van der Waals surface area (Å²) in [5, 5.41) is 5.54. The fourth-order valence-electron chi connectivity index (χ4n) is 5.65. The monoisotopic (exact) mass is 756 g/mol. The first-order valence-electron chi connectivity index (χ1n) is 18.9. The summed E-state index contributed by atoms with van der Waals surface area (Å²) >= 11 is 0. The third-order valence-corrected chi connectivity index (χ3v) is 8.41. The van der Waals surface area contributed by atoms with E-state index in [1.54, 1.807) is 9.80 Å². The first-order valence-corrected chi connectivity index (χ1v) is 18.9. The lowest BCUT2D eigenvalue weighted by molar-refractivity contribution is -0.137. The van der Waals surface area contributed by atoms with Gasteiger partial charge in [-0.1, -0.05) is 88.4 Å². The van der Waals surface area contributed by atoms with Crippen LogP contribution in [0.2, 0.25) is 0 Å². The van der Waals surface area contributed by atoms with E-state index in [0.717, 1.165) is 11.1 Å². The Morgan fingerprint density at radius 2 is 0.852 bits per heavy atom. The van der Waals surface area contributed by atoms with Crippen molar-refractivity contribution >= 4 is 24.0 Å². The van der Waals surface area contributed by atoms with E-state index in [0.29, 0.717) is 12.8 Å². The van der Waals surface area contributed by atoms with Crippen LogP contribution in [0.4, 0.5) is 9.59 Å². The first-order chi connectivity index (χ1) is 26.1. The van der Waals surface area contributed by atoms with E-state index in [4.69, 9.17) is 28.4 Å². The molecular formula is C40H60N4O10. The number of amides is 4. The molecule has 54 heavy (non-hydrogen) atoms. The molecule has 0 spiro atoms. The Bertz CT molecular complexity index is 1240. The molecule has 3 rings (SSSR count). The van der Waals surface area contributed by atoms with E-state index in [9.17, 15) is 19.2 Å². The van der Waals surface area contributed by atoms with Gasteiger partial charge in [-0.2, -0.15) is 0 Å². The zero-order valence-corrected chi connectivity index (χ0v) is 32.4. The van der Waals surface area contributed by atoms with Gasteiger partial charge < -0.3 is 48.9 Å². The van der Waals surface area contributed by atoms with Crippen LogP contribution in [0.25, 0.3) is 0 Å². The highest BCUT2D eigenvalue weighted by Crippen LogP contribution is 2.12. The molecule has 4 amide bonds. The van der Waals surface area contributed by atoms with Crippen molar-refractivity contribution in [2.75, 3.05) is 79.0 Å². The molecule has 0 aliphatic carbocycles. The van der Waals surface area contributed by atoms with Crippen LogP contribution in [-0.4, -0.2) is 125 Å². The fourth-order valence-corrected chi connectivity index (χ4v) is 5.65. The van der Waals surface area contributed by atoms with Crippen molar-refractivity contribution in [2.45, 2.75) is 65.8 Å². The molecule has 14 heteroatoms. The van der Waals surface area contributed by atoms with Crippen LogP contribution < -0.4 is 10.6 Å². The van der Waals surface area contributed by atoms with Gasteiger partial charge in [0.2, 0.25) is 11.8 Å². The van der Waals surface area contributed by atoms with Gasteiger partial charge in [0.05, 0.1) is 52.9 Å². The van der Waals surface area contributed by atoms with Crippen LogP contribution in [0.15, 0.2) is 60.7 Å². The summed E-state index contributed by atoms with van der Waals surface area (Å²) < 4.78 is 34.0. The summed E-state index contributed by atoms with van der Waals surface area (Å²) in [5.41, 5.74) is 1.70. The van der Waals surface area contributed by atoms with E-state index < -0.39 is 24.3 Å². The second-order valence-electron chi connectivity index (χ2n) is 13.9. The minimum Gasteiger partial charge on any atom is -0.445 e. The molecule has 0 aromatic heterocycles. The second-order valence-corrected chi connectivity index (χ2v) is 13.9. The van der Waals surface area contributed by atoms with Gasteiger partial charge in [0.25, 0.3) is 0 Å². The Morgan fingerprint density at radius 3 is 1.15 bits per heavy atom. The summed E-state index contributed by atoms with van der Waals surface area (Å²) in [6.45, 7) is 11.4. The molecule has 0 unspecified atom stereocenters. The molecule has 14 nitrogen and oxygen atoms in total. The van der Waals surface area contributed by atoms with E-state index in [1.165, 1.54) is 0 Å². The van der Waals surface area contributed by atoms with E-state index in [-0.39, 0.29) is 116 Å². The van der Waals surface area contributed by atoms with Gasteiger partial charge in [0.15, 0.2) is 0 Å². The molecule has 1 aliphatic rings. The maximum absolute atomic E-state index is 13.7. The lowest BCUT2D eigenvalue weighted by Gasteiger charge is -2.29. The van der Waals surface area contributed by atoms with Crippen molar-refractivity contribution in [3.63, 3.8) is 0 Å². The lowest BCUT2D eigenvalue weighted by atomic mass is 10.0. The quantitative estimate of drug-likeness (QED) is 0.319. The minimum absolute atomic E-state index is 0.0982. The van der Waals surface area contributed by atoms with Crippen LogP contribution in [0.3, 0.4) is 0 Å². The third-order valence-electron chi connectivity index (χ3n) is 8.41. The number of nitrogens with zero attached hydrogens (tertiary/aromatic N) is 2. The van der Waals surface area contributed by atoms with Crippen molar-refractivity contribution in [3.05, 3.63) is 71.8 Å². The Hall–Kier alpha value is -4.24. The summed E-state index contributed by atoms with van der Waals surface area (Å²) in [6.07, 6.45) is -0.444. The zero-order valence-electron chi connectivity index (χ0n) is 32.4. The van der Waals surface area contributed by atoms with Crippen molar-refractivity contribution < 1.29 is 47.6 Å².